The minimum absolute atomic E-state index is 0.104. The fourth-order valence-electron chi connectivity index (χ4n) is 2.48. The van der Waals surface area contributed by atoms with Crippen LogP contribution in [0.4, 0.5) is 0 Å². The molecular formula is C13H13N3O3. The van der Waals surface area contributed by atoms with Gasteiger partial charge in [-0.25, -0.2) is 4.79 Å². The number of amides is 1. The molecule has 1 unspecified atom stereocenters. The summed E-state index contributed by atoms with van der Waals surface area (Å²) in [4.78, 5) is 26.0. The number of nitrogens with two attached hydrogens (primary N) is 1. The molecule has 6 heteroatoms. The smallest absolute Gasteiger partial charge is 0.335 e. The van der Waals surface area contributed by atoms with Crippen molar-refractivity contribution in [3.8, 4) is 0 Å². The average Bonchev–Trinajstić information content (AvgIpc) is 2.77. The Labute approximate surface area is 108 Å². The topological polar surface area (TPSA) is 108 Å². The Bertz CT molecular complexity index is 690. The van der Waals surface area contributed by atoms with Crippen LogP contribution >= 0.6 is 0 Å². The number of carbonyl (C=O) groups excluding carboxylic acids is 1. The van der Waals surface area contributed by atoms with Gasteiger partial charge >= 0.3 is 5.97 Å². The van der Waals surface area contributed by atoms with Gasteiger partial charge in [-0.1, -0.05) is 0 Å². The molecular weight excluding hydrogens is 246 g/mol. The van der Waals surface area contributed by atoms with E-state index in [0.29, 0.717) is 18.7 Å². The van der Waals surface area contributed by atoms with Crippen molar-refractivity contribution in [2.24, 2.45) is 5.73 Å². The van der Waals surface area contributed by atoms with Crippen molar-refractivity contribution in [2.75, 3.05) is 6.54 Å². The number of aromatic amines is 1. The first-order chi connectivity index (χ1) is 9.10. The van der Waals surface area contributed by atoms with E-state index in [0.717, 1.165) is 16.5 Å². The monoisotopic (exact) mass is 259 g/mol. The molecule has 0 radical (unpaired) electrons. The number of fused-ring (bicyclic) bond motifs is 3. The Morgan fingerprint density at radius 3 is 2.95 bits per heavy atom. The van der Waals surface area contributed by atoms with Crippen molar-refractivity contribution in [1.82, 2.24) is 10.3 Å². The third-order valence-corrected chi connectivity index (χ3v) is 3.45. The highest BCUT2D eigenvalue weighted by molar-refractivity contribution is 6.04. The van der Waals surface area contributed by atoms with Gasteiger partial charge in [0.2, 0.25) is 0 Å². The standard InChI is InChI=1S/C13H13N3O3/c14-5-7-4-9-8-3-6(13(18)19)1-2-10(8)16-11(9)12(17)15-7/h1-3,7,16H,4-5,14H2,(H,15,17)(H,18,19). The molecule has 0 saturated heterocycles. The van der Waals surface area contributed by atoms with Gasteiger partial charge < -0.3 is 21.1 Å². The molecule has 98 valence electrons. The molecule has 6 nitrogen and oxygen atoms in total. The van der Waals surface area contributed by atoms with Gasteiger partial charge in [0, 0.05) is 23.5 Å². The molecule has 1 aliphatic rings. The molecule has 1 atom stereocenters. The largest absolute Gasteiger partial charge is 0.478 e. The summed E-state index contributed by atoms with van der Waals surface area (Å²) in [5.41, 5.74) is 7.92. The minimum atomic E-state index is -0.979. The summed E-state index contributed by atoms with van der Waals surface area (Å²) < 4.78 is 0. The number of carbonyl (C=O) groups is 2. The molecule has 0 saturated carbocycles. The maximum atomic E-state index is 11.9. The molecule has 2 aromatic rings. The van der Waals surface area contributed by atoms with Crippen LogP contribution in [0.5, 0.6) is 0 Å². The zero-order valence-electron chi connectivity index (χ0n) is 10.1. The maximum absolute atomic E-state index is 11.9. The number of benzene rings is 1. The first-order valence-corrected chi connectivity index (χ1v) is 5.99. The zero-order chi connectivity index (χ0) is 13.6. The molecule has 5 N–H and O–H groups in total. The van der Waals surface area contributed by atoms with Crippen LogP contribution in [-0.4, -0.2) is 34.6 Å². The lowest BCUT2D eigenvalue weighted by Gasteiger charge is -2.22. The van der Waals surface area contributed by atoms with Crippen LogP contribution in [0.25, 0.3) is 10.9 Å². The van der Waals surface area contributed by atoms with Gasteiger partial charge in [-0.05, 0) is 30.2 Å². The molecule has 2 heterocycles. The van der Waals surface area contributed by atoms with E-state index < -0.39 is 5.97 Å². The molecule has 1 amide bonds. The summed E-state index contributed by atoms with van der Waals surface area (Å²) in [6.45, 7) is 0.358. The fraction of sp³-hybridized carbons (Fsp3) is 0.231. The van der Waals surface area contributed by atoms with Crippen molar-refractivity contribution in [1.29, 1.82) is 0 Å². The first kappa shape index (κ1) is 11.7. The van der Waals surface area contributed by atoms with Crippen molar-refractivity contribution in [3.63, 3.8) is 0 Å². The van der Waals surface area contributed by atoms with Crippen molar-refractivity contribution >= 4 is 22.8 Å². The number of carboxylic acid groups (broad SMARTS) is 1. The molecule has 0 fully saturated rings. The lowest BCUT2D eigenvalue weighted by molar-refractivity contribution is 0.0696. The number of rotatable bonds is 2. The molecule has 1 aliphatic heterocycles. The van der Waals surface area contributed by atoms with E-state index in [1.54, 1.807) is 12.1 Å². The van der Waals surface area contributed by atoms with Gasteiger partial charge in [0.25, 0.3) is 5.91 Å². The summed E-state index contributed by atoms with van der Waals surface area (Å²) >= 11 is 0. The summed E-state index contributed by atoms with van der Waals surface area (Å²) in [5, 5.41) is 12.6. The Hall–Kier alpha value is -2.34. The second-order valence-corrected chi connectivity index (χ2v) is 4.65. The summed E-state index contributed by atoms with van der Waals surface area (Å²) in [6.07, 6.45) is 0.612. The van der Waals surface area contributed by atoms with Gasteiger partial charge in [-0.2, -0.15) is 0 Å². The number of nitrogens with one attached hydrogen (secondary N) is 2. The molecule has 3 rings (SSSR count). The van der Waals surface area contributed by atoms with Gasteiger partial charge in [-0.3, -0.25) is 4.79 Å². The lowest BCUT2D eigenvalue weighted by Crippen LogP contribution is -2.45. The predicted octanol–water partition coefficient (Wildman–Crippen LogP) is 0.479. The summed E-state index contributed by atoms with van der Waals surface area (Å²) in [7, 11) is 0. The van der Waals surface area contributed by atoms with E-state index in [4.69, 9.17) is 10.8 Å². The van der Waals surface area contributed by atoms with Crippen LogP contribution in [0.3, 0.4) is 0 Å². The molecule has 1 aromatic heterocycles. The number of hydrogen-bond acceptors (Lipinski definition) is 3. The van der Waals surface area contributed by atoms with Crippen molar-refractivity contribution < 1.29 is 14.7 Å². The highest BCUT2D eigenvalue weighted by Crippen LogP contribution is 2.27. The Morgan fingerprint density at radius 1 is 1.47 bits per heavy atom. The normalized spacial score (nSPS) is 18.2. The third kappa shape index (κ3) is 1.77. The molecule has 0 aliphatic carbocycles. The Balaban J connectivity index is 2.20. The van der Waals surface area contributed by atoms with Crippen LogP contribution in [-0.2, 0) is 6.42 Å². The van der Waals surface area contributed by atoms with Gasteiger partial charge in [-0.15, -0.1) is 0 Å². The zero-order valence-corrected chi connectivity index (χ0v) is 10.1. The Kier molecular flexibility index (Phi) is 2.53. The highest BCUT2D eigenvalue weighted by Gasteiger charge is 2.27. The number of H-pyrrole nitrogens is 1. The van der Waals surface area contributed by atoms with E-state index in [1.165, 1.54) is 6.07 Å². The van der Waals surface area contributed by atoms with E-state index in [-0.39, 0.29) is 17.5 Å². The molecule has 0 spiro atoms. The maximum Gasteiger partial charge on any atom is 0.335 e. The molecule has 19 heavy (non-hydrogen) atoms. The number of aromatic carboxylic acids is 1. The van der Waals surface area contributed by atoms with Crippen molar-refractivity contribution in [3.05, 3.63) is 35.0 Å². The fourth-order valence-corrected chi connectivity index (χ4v) is 2.48. The predicted molar refractivity (Wildman–Crippen MR) is 69.3 cm³/mol. The first-order valence-electron chi connectivity index (χ1n) is 5.99. The Morgan fingerprint density at radius 2 is 2.26 bits per heavy atom. The second-order valence-electron chi connectivity index (χ2n) is 4.65. The van der Waals surface area contributed by atoms with Crippen LogP contribution in [0.15, 0.2) is 18.2 Å². The second kappa shape index (κ2) is 4.10. The van der Waals surface area contributed by atoms with Crippen molar-refractivity contribution in [2.45, 2.75) is 12.5 Å². The van der Waals surface area contributed by atoms with Gasteiger partial charge in [0.05, 0.1) is 5.56 Å². The van der Waals surface area contributed by atoms with E-state index in [2.05, 4.69) is 10.3 Å². The van der Waals surface area contributed by atoms with E-state index in [1.807, 2.05) is 0 Å². The van der Waals surface area contributed by atoms with Crippen LogP contribution in [0, 0.1) is 0 Å². The van der Waals surface area contributed by atoms with E-state index in [9.17, 15) is 9.59 Å². The van der Waals surface area contributed by atoms with Crippen LogP contribution in [0.1, 0.15) is 26.4 Å². The number of hydrogen-bond donors (Lipinski definition) is 4. The van der Waals surface area contributed by atoms with E-state index >= 15 is 0 Å². The molecule has 1 aromatic carbocycles. The molecule has 0 bridgehead atoms. The summed E-state index contributed by atoms with van der Waals surface area (Å²) in [6, 6.07) is 4.69. The number of aromatic nitrogens is 1. The quantitative estimate of drug-likeness (QED) is 0.629. The lowest BCUT2D eigenvalue weighted by atomic mass is 9.97. The minimum Gasteiger partial charge on any atom is -0.478 e. The third-order valence-electron chi connectivity index (χ3n) is 3.45. The summed E-state index contributed by atoms with van der Waals surface area (Å²) in [5.74, 6) is -1.17. The highest BCUT2D eigenvalue weighted by atomic mass is 16.4. The van der Waals surface area contributed by atoms with Gasteiger partial charge in [0.1, 0.15) is 5.69 Å². The SMILES string of the molecule is NCC1Cc2c([nH]c3ccc(C(=O)O)cc23)C(=O)N1. The van der Waals surface area contributed by atoms with Gasteiger partial charge in [0.15, 0.2) is 0 Å². The van der Waals surface area contributed by atoms with Crippen LogP contribution in [0.2, 0.25) is 0 Å². The van der Waals surface area contributed by atoms with Crippen LogP contribution < -0.4 is 11.1 Å². The number of carboxylic acids is 1. The average molecular weight is 259 g/mol.